The molecule has 134 valence electrons. The lowest BCUT2D eigenvalue weighted by molar-refractivity contribution is -0.128. The number of hydrogen-bond acceptors (Lipinski definition) is 4. The highest BCUT2D eigenvalue weighted by Gasteiger charge is 2.18. The van der Waals surface area contributed by atoms with E-state index in [-0.39, 0.29) is 5.91 Å². The van der Waals surface area contributed by atoms with Crippen molar-refractivity contribution in [1.29, 1.82) is 0 Å². The molecule has 1 atom stereocenters. The van der Waals surface area contributed by atoms with E-state index in [9.17, 15) is 4.79 Å². The Labute approximate surface area is 148 Å². The van der Waals surface area contributed by atoms with E-state index in [1.54, 1.807) is 7.11 Å². The van der Waals surface area contributed by atoms with Gasteiger partial charge >= 0.3 is 0 Å². The van der Waals surface area contributed by atoms with Crippen molar-refractivity contribution in [2.24, 2.45) is 0 Å². The fourth-order valence-corrected chi connectivity index (χ4v) is 2.35. The first-order valence-corrected chi connectivity index (χ1v) is 8.41. The summed E-state index contributed by atoms with van der Waals surface area (Å²) in [6, 6.07) is 15.1. The lowest BCUT2D eigenvalue weighted by atomic mass is 10.2. The van der Waals surface area contributed by atoms with Gasteiger partial charge in [-0.25, -0.2) is 0 Å². The second-order valence-electron chi connectivity index (χ2n) is 5.57. The van der Waals surface area contributed by atoms with E-state index < -0.39 is 6.10 Å². The molecule has 0 radical (unpaired) electrons. The van der Waals surface area contributed by atoms with Gasteiger partial charge in [0, 0.05) is 0 Å². The summed E-state index contributed by atoms with van der Waals surface area (Å²) >= 11 is 0. The zero-order valence-corrected chi connectivity index (χ0v) is 15.0. The van der Waals surface area contributed by atoms with E-state index in [4.69, 9.17) is 14.2 Å². The molecule has 1 unspecified atom stereocenters. The SMILES string of the molecule is CCC(Oc1ccccc1C)C(=O)NCCOc1ccccc1OC. The fraction of sp³-hybridized carbons (Fsp3) is 0.350. The van der Waals surface area contributed by atoms with Gasteiger partial charge in [-0.1, -0.05) is 37.3 Å². The van der Waals surface area contributed by atoms with Gasteiger partial charge < -0.3 is 19.5 Å². The van der Waals surface area contributed by atoms with E-state index in [1.807, 2.05) is 62.4 Å². The first-order valence-electron chi connectivity index (χ1n) is 8.41. The molecule has 2 aromatic carbocycles. The van der Waals surface area contributed by atoms with Crippen LogP contribution in [0.15, 0.2) is 48.5 Å². The summed E-state index contributed by atoms with van der Waals surface area (Å²) in [5, 5.41) is 2.85. The van der Waals surface area contributed by atoms with Crippen LogP contribution in [-0.2, 0) is 4.79 Å². The number of amides is 1. The van der Waals surface area contributed by atoms with Crippen molar-refractivity contribution in [2.75, 3.05) is 20.3 Å². The van der Waals surface area contributed by atoms with Crippen molar-refractivity contribution in [3.05, 3.63) is 54.1 Å². The summed E-state index contributed by atoms with van der Waals surface area (Å²) in [6.07, 6.45) is 0.0698. The van der Waals surface area contributed by atoms with Gasteiger partial charge in [0.1, 0.15) is 12.4 Å². The number of hydrogen-bond donors (Lipinski definition) is 1. The van der Waals surface area contributed by atoms with Crippen LogP contribution < -0.4 is 19.5 Å². The molecule has 5 heteroatoms. The quantitative estimate of drug-likeness (QED) is 0.710. The zero-order valence-electron chi connectivity index (χ0n) is 15.0. The molecule has 0 fully saturated rings. The Bertz CT molecular complexity index is 687. The van der Waals surface area contributed by atoms with Crippen molar-refractivity contribution in [2.45, 2.75) is 26.4 Å². The van der Waals surface area contributed by atoms with Crippen LogP contribution in [0.4, 0.5) is 0 Å². The fourth-order valence-electron chi connectivity index (χ4n) is 2.35. The largest absolute Gasteiger partial charge is 0.493 e. The van der Waals surface area contributed by atoms with Gasteiger partial charge in [-0.3, -0.25) is 4.79 Å². The molecule has 2 rings (SSSR count). The Morgan fingerprint density at radius 2 is 1.68 bits per heavy atom. The second-order valence-corrected chi connectivity index (χ2v) is 5.57. The standard InChI is InChI=1S/C20H25NO4/c1-4-16(25-17-10-6-5-9-15(17)2)20(22)21-13-14-24-19-12-8-7-11-18(19)23-3/h5-12,16H,4,13-14H2,1-3H3,(H,21,22). The lowest BCUT2D eigenvalue weighted by Gasteiger charge is -2.18. The Balaban J connectivity index is 1.81. The van der Waals surface area contributed by atoms with Gasteiger partial charge in [-0.2, -0.15) is 0 Å². The topological polar surface area (TPSA) is 56.8 Å². The van der Waals surface area contributed by atoms with Crippen LogP contribution in [0.1, 0.15) is 18.9 Å². The summed E-state index contributed by atoms with van der Waals surface area (Å²) in [7, 11) is 1.60. The van der Waals surface area contributed by atoms with Gasteiger partial charge in [0.2, 0.25) is 0 Å². The smallest absolute Gasteiger partial charge is 0.261 e. The highest BCUT2D eigenvalue weighted by Crippen LogP contribution is 2.25. The zero-order chi connectivity index (χ0) is 18.1. The van der Waals surface area contributed by atoms with Crippen molar-refractivity contribution in [3.8, 4) is 17.2 Å². The van der Waals surface area contributed by atoms with Crippen molar-refractivity contribution < 1.29 is 19.0 Å². The van der Waals surface area contributed by atoms with Crippen LogP contribution in [-0.4, -0.2) is 32.3 Å². The maximum absolute atomic E-state index is 12.3. The first-order chi connectivity index (χ1) is 12.2. The Kier molecular flexibility index (Phi) is 7.14. The molecule has 1 amide bonds. The number of para-hydroxylation sites is 3. The second kappa shape index (κ2) is 9.57. The normalized spacial score (nSPS) is 11.5. The predicted octanol–water partition coefficient (Wildman–Crippen LogP) is 3.36. The van der Waals surface area contributed by atoms with E-state index in [1.165, 1.54) is 0 Å². The van der Waals surface area contributed by atoms with Crippen LogP contribution in [0.3, 0.4) is 0 Å². The number of carbonyl (C=O) groups is 1. The van der Waals surface area contributed by atoms with Crippen molar-refractivity contribution >= 4 is 5.91 Å². The van der Waals surface area contributed by atoms with E-state index >= 15 is 0 Å². The Morgan fingerprint density at radius 3 is 2.32 bits per heavy atom. The Hall–Kier alpha value is -2.69. The van der Waals surface area contributed by atoms with Gasteiger partial charge in [-0.05, 0) is 37.1 Å². The number of nitrogens with one attached hydrogen (secondary N) is 1. The highest BCUT2D eigenvalue weighted by molar-refractivity contribution is 5.81. The average Bonchev–Trinajstić information content (AvgIpc) is 2.64. The molecule has 0 heterocycles. The molecule has 1 N–H and O–H groups in total. The van der Waals surface area contributed by atoms with Gasteiger partial charge in [0.15, 0.2) is 17.6 Å². The lowest BCUT2D eigenvalue weighted by Crippen LogP contribution is -2.39. The summed E-state index contributed by atoms with van der Waals surface area (Å²) in [4.78, 5) is 12.3. The van der Waals surface area contributed by atoms with Gasteiger partial charge in [-0.15, -0.1) is 0 Å². The summed E-state index contributed by atoms with van der Waals surface area (Å²) in [5.74, 6) is 1.91. The minimum absolute atomic E-state index is 0.144. The Morgan fingerprint density at radius 1 is 1.04 bits per heavy atom. The van der Waals surface area contributed by atoms with Crippen LogP contribution in [0.2, 0.25) is 0 Å². The molecule has 0 aliphatic carbocycles. The highest BCUT2D eigenvalue weighted by atomic mass is 16.5. The third-order valence-corrected chi connectivity index (χ3v) is 3.75. The maximum atomic E-state index is 12.3. The van der Waals surface area contributed by atoms with Crippen LogP contribution in [0, 0.1) is 6.92 Å². The number of carbonyl (C=O) groups excluding carboxylic acids is 1. The molecular weight excluding hydrogens is 318 g/mol. The van der Waals surface area contributed by atoms with Crippen molar-refractivity contribution in [3.63, 3.8) is 0 Å². The summed E-state index contributed by atoms with van der Waals surface area (Å²) in [5.41, 5.74) is 1.01. The van der Waals surface area contributed by atoms with E-state index in [0.29, 0.717) is 31.1 Å². The molecular formula is C20H25NO4. The number of methoxy groups -OCH3 is 1. The number of ether oxygens (including phenoxy) is 3. The van der Waals surface area contributed by atoms with Gasteiger partial charge in [0.25, 0.3) is 5.91 Å². The molecule has 5 nitrogen and oxygen atoms in total. The predicted molar refractivity (Wildman–Crippen MR) is 97.4 cm³/mol. The molecule has 0 aromatic heterocycles. The van der Waals surface area contributed by atoms with Crippen LogP contribution in [0.25, 0.3) is 0 Å². The minimum atomic E-state index is -0.521. The van der Waals surface area contributed by atoms with E-state index in [2.05, 4.69) is 5.32 Å². The third kappa shape index (κ3) is 5.41. The summed E-state index contributed by atoms with van der Waals surface area (Å²) in [6.45, 7) is 4.63. The molecule has 0 spiro atoms. The molecule has 0 aliphatic heterocycles. The number of rotatable bonds is 9. The third-order valence-electron chi connectivity index (χ3n) is 3.75. The first kappa shape index (κ1) is 18.6. The molecule has 0 bridgehead atoms. The molecule has 0 saturated heterocycles. The van der Waals surface area contributed by atoms with E-state index in [0.717, 1.165) is 11.3 Å². The van der Waals surface area contributed by atoms with Crippen LogP contribution in [0.5, 0.6) is 17.2 Å². The number of benzene rings is 2. The maximum Gasteiger partial charge on any atom is 0.261 e. The van der Waals surface area contributed by atoms with Crippen molar-refractivity contribution in [1.82, 2.24) is 5.32 Å². The molecule has 2 aromatic rings. The van der Waals surface area contributed by atoms with Crippen LogP contribution >= 0.6 is 0 Å². The molecule has 0 aliphatic rings. The molecule has 25 heavy (non-hydrogen) atoms. The van der Waals surface area contributed by atoms with Gasteiger partial charge in [0.05, 0.1) is 13.7 Å². The summed E-state index contributed by atoms with van der Waals surface area (Å²) < 4.78 is 16.7. The monoisotopic (exact) mass is 343 g/mol. The average molecular weight is 343 g/mol. The number of aryl methyl sites for hydroxylation is 1. The minimum Gasteiger partial charge on any atom is -0.493 e. The molecule has 0 saturated carbocycles.